The zero-order valence-corrected chi connectivity index (χ0v) is 18.7. The molecule has 0 saturated heterocycles. The number of hydrogen-bond acceptors (Lipinski definition) is 3. The summed E-state index contributed by atoms with van der Waals surface area (Å²) in [6.45, 7) is 1.46. The molecule has 0 unspecified atom stereocenters. The second-order valence-corrected chi connectivity index (χ2v) is 9.12. The highest BCUT2D eigenvalue weighted by molar-refractivity contribution is 7.99. The molecular formula is C25H23ClN2O2S. The van der Waals surface area contributed by atoms with Crippen LogP contribution in [-0.4, -0.2) is 11.8 Å². The molecule has 1 aliphatic rings. The van der Waals surface area contributed by atoms with E-state index in [0.29, 0.717) is 16.3 Å². The summed E-state index contributed by atoms with van der Waals surface area (Å²) in [6.07, 6.45) is 3.02. The molecule has 0 spiro atoms. The number of fused-ring (bicyclic) bond motifs is 1. The first-order chi connectivity index (χ1) is 15.0. The fraction of sp³-hybridized carbons (Fsp3) is 0.200. The van der Waals surface area contributed by atoms with Gasteiger partial charge in [0.05, 0.1) is 11.7 Å². The van der Waals surface area contributed by atoms with Gasteiger partial charge in [-0.15, -0.1) is 0 Å². The number of carbonyl (C=O) groups is 2. The maximum atomic E-state index is 13.0. The third kappa shape index (κ3) is 5.30. The summed E-state index contributed by atoms with van der Waals surface area (Å²) in [5.74, 6) is -0.326. The predicted molar refractivity (Wildman–Crippen MR) is 126 cm³/mol. The first-order valence-corrected chi connectivity index (χ1v) is 11.4. The van der Waals surface area contributed by atoms with Crippen molar-refractivity contribution in [2.75, 3.05) is 5.32 Å². The van der Waals surface area contributed by atoms with E-state index in [9.17, 15) is 9.59 Å². The molecule has 4 rings (SSSR count). The second-order valence-electron chi connectivity index (χ2n) is 7.57. The quantitative estimate of drug-likeness (QED) is 0.482. The molecular weight excluding hydrogens is 428 g/mol. The van der Waals surface area contributed by atoms with E-state index in [4.69, 9.17) is 11.6 Å². The van der Waals surface area contributed by atoms with Gasteiger partial charge >= 0.3 is 0 Å². The van der Waals surface area contributed by atoms with Gasteiger partial charge in [0, 0.05) is 27.3 Å². The highest BCUT2D eigenvalue weighted by Crippen LogP contribution is 2.35. The molecule has 2 amide bonds. The zero-order valence-electron chi connectivity index (χ0n) is 17.2. The van der Waals surface area contributed by atoms with E-state index in [1.807, 2.05) is 42.5 Å². The Kier molecular flexibility index (Phi) is 6.64. The lowest BCUT2D eigenvalue weighted by molar-refractivity contribution is -0.114. The summed E-state index contributed by atoms with van der Waals surface area (Å²) in [6, 6.07) is 21.2. The summed E-state index contributed by atoms with van der Waals surface area (Å²) in [5.41, 5.74) is 3.63. The van der Waals surface area contributed by atoms with Crippen molar-refractivity contribution in [3.8, 4) is 0 Å². The Morgan fingerprint density at radius 1 is 1.03 bits per heavy atom. The van der Waals surface area contributed by atoms with Gasteiger partial charge in [0.25, 0.3) is 5.91 Å². The predicted octanol–water partition coefficient (Wildman–Crippen LogP) is 6.26. The minimum atomic E-state index is -0.184. The highest BCUT2D eigenvalue weighted by atomic mass is 35.5. The van der Waals surface area contributed by atoms with Crippen LogP contribution in [0.25, 0.3) is 0 Å². The number of amides is 2. The lowest BCUT2D eigenvalue weighted by Crippen LogP contribution is -2.31. The molecule has 31 heavy (non-hydrogen) atoms. The number of nitrogens with one attached hydrogen (secondary N) is 2. The summed E-state index contributed by atoms with van der Waals surface area (Å²) in [7, 11) is 0. The van der Waals surface area contributed by atoms with E-state index in [0.717, 1.165) is 29.1 Å². The van der Waals surface area contributed by atoms with Crippen molar-refractivity contribution in [1.29, 1.82) is 0 Å². The van der Waals surface area contributed by atoms with Crippen molar-refractivity contribution in [2.24, 2.45) is 0 Å². The Bertz CT molecular complexity index is 1110. The van der Waals surface area contributed by atoms with Crippen LogP contribution in [0.3, 0.4) is 0 Å². The van der Waals surface area contributed by atoms with Gasteiger partial charge in [-0.1, -0.05) is 47.6 Å². The monoisotopic (exact) mass is 450 g/mol. The normalized spacial score (nSPS) is 15.1. The molecule has 3 aromatic rings. The molecule has 1 atom stereocenters. The van der Waals surface area contributed by atoms with Crippen LogP contribution in [0.15, 0.2) is 76.5 Å². The van der Waals surface area contributed by atoms with Gasteiger partial charge in [-0.2, -0.15) is 0 Å². The van der Waals surface area contributed by atoms with E-state index in [1.165, 1.54) is 29.8 Å². The van der Waals surface area contributed by atoms with Crippen molar-refractivity contribution >= 4 is 40.9 Å². The molecule has 1 aliphatic carbocycles. The first-order valence-electron chi connectivity index (χ1n) is 10.2. The van der Waals surface area contributed by atoms with Crippen molar-refractivity contribution in [3.63, 3.8) is 0 Å². The summed E-state index contributed by atoms with van der Waals surface area (Å²) >= 11 is 7.48. The number of halogens is 1. The van der Waals surface area contributed by atoms with Gasteiger partial charge in [0.2, 0.25) is 5.91 Å². The van der Waals surface area contributed by atoms with Gasteiger partial charge in [-0.05, 0) is 72.9 Å². The van der Waals surface area contributed by atoms with E-state index in [1.54, 1.807) is 12.1 Å². The van der Waals surface area contributed by atoms with E-state index in [-0.39, 0.29) is 17.9 Å². The Morgan fingerprint density at radius 3 is 2.58 bits per heavy atom. The fourth-order valence-corrected chi connectivity index (χ4v) is 4.83. The molecule has 0 aliphatic heterocycles. The first kappa shape index (κ1) is 21.5. The Labute approximate surface area is 191 Å². The average Bonchev–Trinajstić information content (AvgIpc) is 2.76. The lowest BCUT2D eigenvalue weighted by atomic mass is 9.87. The topological polar surface area (TPSA) is 58.2 Å². The molecule has 158 valence electrons. The molecule has 2 N–H and O–H groups in total. The van der Waals surface area contributed by atoms with Crippen LogP contribution in [-0.2, 0) is 11.2 Å². The molecule has 3 aromatic carbocycles. The lowest BCUT2D eigenvalue weighted by Gasteiger charge is -2.26. The Morgan fingerprint density at radius 2 is 1.81 bits per heavy atom. The van der Waals surface area contributed by atoms with Gasteiger partial charge in [-0.3, -0.25) is 9.59 Å². The van der Waals surface area contributed by atoms with E-state index < -0.39 is 0 Å². The molecule has 0 fully saturated rings. The SMILES string of the molecule is CC(=O)Nc1cc(C(=O)N[C@H]2CCCc3ccccc32)ccc1Sc1ccc(Cl)cc1. The number of benzene rings is 3. The average molecular weight is 451 g/mol. The second kappa shape index (κ2) is 9.58. The molecule has 4 nitrogen and oxygen atoms in total. The van der Waals surface area contributed by atoms with E-state index in [2.05, 4.69) is 22.8 Å². The largest absolute Gasteiger partial charge is 0.345 e. The van der Waals surface area contributed by atoms with Crippen LogP contribution in [0.5, 0.6) is 0 Å². The minimum Gasteiger partial charge on any atom is -0.345 e. The summed E-state index contributed by atoms with van der Waals surface area (Å²) in [5, 5.41) is 6.70. The fourth-order valence-electron chi connectivity index (χ4n) is 3.82. The van der Waals surface area contributed by atoms with Gasteiger partial charge < -0.3 is 10.6 Å². The number of aryl methyl sites for hydroxylation is 1. The molecule has 0 saturated carbocycles. The van der Waals surface area contributed by atoms with Crippen LogP contribution >= 0.6 is 23.4 Å². The van der Waals surface area contributed by atoms with Crippen molar-refractivity contribution < 1.29 is 9.59 Å². The smallest absolute Gasteiger partial charge is 0.251 e. The summed E-state index contributed by atoms with van der Waals surface area (Å²) < 4.78 is 0. The number of hydrogen-bond donors (Lipinski definition) is 2. The molecule has 0 heterocycles. The number of rotatable bonds is 5. The van der Waals surface area contributed by atoms with E-state index >= 15 is 0 Å². The standard InChI is InChI=1S/C25H23ClN2O2S/c1-16(29)27-23-15-18(9-14-24(23)31-20-12-10-19(26)11-13-20)25(30)28-22-8-4-6-17-5-2-3-7-21(17)22/h2-3,5,7,9-15,22H,4,6,8H2,1H3,(H,27,29)(H,28,30)/t22-/m0/s1. The highest BCUT2D eigenvalue weighted by Gasteiger charge is 2.22. The number of anilines is 1. The van der Waals surface area contributed by atoms with Crippen molar-refractivity contribution in [1.82, 2.24) is 5.32 Å². The van der Waals surface area contributed by atoms with Crippen molar-refractivity contribution in [3.05, 3.63) is 88.4 Å². The van der Waals surface area contributed by atoms with Crippen LogP contribution < -0.4 is 10.6 Å². The summed E-state index contributed by atoms with van der Waals surface area (Å²) in [4.78, 5) is 26.6. The van der Waals surface area contributed by atoms with Crippen molar-refractivity contribution in [2.45, 2.75) is 42.0 Å². The molecule has 0 bridgehead atoms. The molecule has 0 aromatic heterocycles. The van der Waals surface area contributed by atoms with Crippen LogP contribution in [0, 0.1) is 0 Å². The Balaban J connectivity index is 1.56. The van der Waals surface area contributed by atoms with Crippen LogP contribution in [0.2, 0.25) is 5.02 Å². The molecule has 6 heteroatoms. The third-order valence-corrected chi connectivity index (χ3v) is 6.60. The maximum Gasteiger partial charge on any atom is 0.251 e. The van der Waals surface area contributed by atoms with Gasteiger partial charge in [0.1, 0.15) is 0 Å². The van der Waals surface area contributed by atoms with Gasteiger partial charge in [0.15, 0.2) is 0 Å². The third-order valence-electron chi connectivity index (χ3n) is 5.27. The minimum absolute atomic E-state index is 0.00443. The van der Waals surface area contributed by atoms with Crippen LogP contribution in [0.4, 0.5) is 5.69 Å². The van der Waals surface area contributed by atoms with Crippen LogP contribution in [0.1, 0.15) is 47.3 Å². The molecule has 0 radical (unpaired) electrons. The maximum absolute atomic E-state index is 13.0. The Hall–Kier alpha value is -2.76. The zero-order chi connectivity index (χ0) is 21.8. The number of carbonyl (C=O) groups excluding carboxylic acids is 2. The van der Waals surface area contributed by atoms with Gasteiger partial charge in [-0.25, -0.2) is 0 Å².